The number of rotatable bonds is 6. The Bertz CT molecular complexity index is 554. The second-order valence-corrected chi connectivity index (χ2v) is 7.47. The van der Waals surface area contributed by atoms with E-state index >= 15 is 0 Å². The normalized spacial score (nSPS) is 16.1. The first-order chi connectivity index (χ1) is 11.5. The Kier molecular flexibility index (Phi) is 7.12. The molecule has 1 N–H and O–H groups in total. The fourth-order valence-corrected chi connectivity index (χ4v) is 3.72. The Labute approximate surface area is 148 Å². The predicted octanol–water partition coefficient (Wildman–Crippen LogP) is 2.08. The molecule has 1 heterocycles. The first-order valence-corrected chi connectivity index (χ1v) is 9.58. The van der Waals surface area contributed by atoms with Crippen LogP contribution in [0.15, 0.2) is 24.3 Å². The number of anilines is 1. The van der Waals surface area contributed by atoms with Gasteiger partial charge in [-0.05, 0) is 38.2 Å². The van der Waals surface area contributed by atoms with Crippen molar-refractivity contribution in [2.24, 2.45) is 0 Å². The van der Waals surface area contributed by atoms with Gasteiger partial charge in [0.15, 0.2) is 0 Å². The van der Waals surface area contributed by atoms with E-state index in [1.807, 2.05) is 66.8 Å². The zero-order chi connectivity index (χ0) is 17.5. The second-order valence-electron chi connectivity index (χ2n) is 6.24. The van der Waals surface area contributed by atoms with Crippen molar-refractivity contribution in [1.82, 2.24) is 9.80 Å². The molecule has 1 aromatic rings. The van der Waals surface area contributed by atoms with Crippen LogP contribution < -0.4 is 5.32 Å². The second kappa shape index (κ2) is 9.08. The van der Waals surface area contributed by atoms with Crippen LogP contribution in [0.5, 0.6) is 0 Å². The molecule has 132 valence electrons. The SMILES string of the molecule is CC[C@H](C(=O)Nc1ccc(CC(=O)N2CCSCC2)cc1)N(C)C. The summed E-state index contributed by atoms with van der Waals surface area (Å²) in [5.41, 5.74) is 1.75. The molecule has 1 saturated heterocycles. The zero-order valence-electron chi connectivity index (χ0n) is 14.7. The number of benzene rings is 1. The Morgan fingerprint density at radius 2 is 1.83 bits per heavy atom. The van der Waals surface area contributed by atoms with E-state index in [2.05, 4.69) is 5.32 Å². The van der Waals surface area contributed by atoms with E-state index in [1.165, 1.54) is 0 Å². The molecule has 2 rings (SSSR count). The number of likely N-dealkylation sites (N-methyl/N-ethyl adjacent to an activating group) is 1. The summed E-state index contributed by atoms with van der Waals surface area (Å²) in [6.45, 7) is 3.69. The standard InChI is InChI=1S/C18H27N3O2S/c1-4-16(20(2)3)18(23)19-15-7-5-14(6-8-15)13-17(22)21-9-11-24-12-10-21/h5-8,16H,4,9-13H2,1-3H3,(H,19,23)/t16-/m1/s1. The van der Waals surface area contributed by atoms with Crippen LogP contribution in [0, 0.1) is 0 Å². The van der Waals surface area contributed by atoms with Crippen LogP contribution in [-0.2, 0) is 16.0 Å². The molecule has 0 radical (unpaired) electrons. The average Bonchev–Trinajstić information content (AvgIpc) is 2.57. The Balaban J connectivity index is 1.90. The lowest BCUT2D eigenvalue weighted by Crippen LogP contribution is -2.39. The van der Waals surface area contributed by atoms with E-state index < -0.39 is 0 Å². The van der Waals surface area contributed by atoms with Crippen molar-refractivity contribution < 1.29 is 9.59 Å². The van der Waals surface area contributed by atoms with Crippen molar-refractivity contribution >= 4 is 29.3 Å². The summed E-state index contributed by atoms with van der Waals surface area (Å²) in [7, 11) is 3.81. The molecule has 5 nitrogen and oxygen atoms in total. The number of nitrogens with one attached hydrogen (secondary N) is 1. The smallest absolute Gasteiger partial charge is 0.241 e. The van der Waals surface area contributed by atoms with Crippen molar-refractivity contribution in [3.63, 3.8) is 0 Å². The van der Waals surface area contributed by atoms with Crippen LogP contribution in [0.2, 0.25) is 0 Å². The largest absolute Gasteiger partial charge is 0.341 e. The third-order valence-electron chi connectivity index (χ3n) is 4.25. The van der Waals surface area contributed by atoms with Gasteiger partial charge in [0.05, 0.1) is 12.5 Å². The van der Waals surface area contributed by atoms with Crippen LogP contribution in [-0.4, -0.2) is 66.3 Å². The Morgan fingerprint density at radius 3 is 2.38 bits per heavy atom. The minimum atomic E-state index is -0.136. The minimum Gasteiger partial charge on any atom is -0.341 e. The summed E-state index contributed by atoms with van der Waals surface area (Å²) in [4.78, 5) is 28.4. The van der Waals surface area contributed by atoms with Crippen molar-refractivity contribution in [1.29, 1.82) is 0 Å². The zero-order valence-corrected chi connectivity index (χ0v) is 15.6. The summed E-state index contributed by atoms with van der Waals surface area (Å²) in [6, 6.07) is 7.44. The monoisotopic (exact) mass is 349 g/mol. The molecule has 1 aliphatic heterocycles. The molecule has 0 unspecified atom stereocenters. The molecule has 0 saturated carbocycles. The fourth-order valence-electron chi connectivity index (χ4n) is 2.82. The highest BCUT2D eigenvalue weighted by molar-refractivity contribution is 7.99. The number of hydrogen-bond donors (Lipinski definition) is 1. The van der Waals surface area contributed by atoms with Crippen molar-refractivity contribution in [2.75, 3.05) is 44.0 Å². The number of hydrogen-bond acceptors (Lipinski definition) is 4. The molecular formula is C18H27N3O2S. The highest BCUT2D eigenvalue weighted by Gasteiger charge is 2.19. The van der Waals surface area contributed by atoms with Gasteiger partial charge in [0.25, 0.3) is 0 Å². The van der Waals surface area contributed by atoms with E-state index in [1.54, 1.807) is 0 Å². The van der Waals surface area contributed by atoms with E-state index in [0.717, 1.165) is 42.3 Å². The van der Waals surface area contributed by atoms with E-state index in [9.17, 15) is 9.59 Å². The summed E-state index contributed by atoms with van der Waals surface area (Å²) >= 11 is 1.90. The molecular weight excluding hydrogens is 322 g/mol. The molecule has 24 heavy (non-hydrogen) atoms. The molecule has 6 heteroatoms. The minimum absolute atomic E-state index is 0.00265. The molecule has 0 aliphatic carbocycles. The number of nitrogens with zero attached hydrogens (tertiary/aromatic N) is 2. The quantitative estimate of drug-likeness (QED) is 0.854. The van der Waals surface area contributed by atoms with Gasteiger partial charge in [-0.2, -0.15) is 11.8 Å². The van der Waals surface area contributed by atoms with Crippen LogP contribution in [0.4, 0.5) is 5.69 Å². The molecule has 1 fully saturated rings. The predicted molar refractivity (Wildman–Crippen MR) is 100 cm³/mol. The molecule has 1 atom stereocenters. The Morgan fingerprint density at radius 1 is 1.21 bits per heavy atom. The first kappa shape index (κ1) is 18.8. The highest BCUT2D eigenvalue weighted by atomic mass is 32.2. The topological polar surface area (TPSA) is 52.7 Å². The fraction of sp³-hybridized carbons (Fsp3) is 0.556. The maximum absolute atomic E-state index is 12.3. The van der Waals surface area contributed by atoms with Gasteiger partial charge < -0.3 is 10.2 Å². The van der Waals surface area contributed by atoms with Crippen LogP contribution in [0.25, 0.3) is 0 Å². The molecule has 0 bridgehead atoms. The van der Waals surface area contributed by atoms with Crippen LogP contribution >= 0.6 is 11.8 Å². The summed E-state index contributed by atoms with van der Waals surface area (Å²) < 4.78 is 0. The van der Waals surface area contributed by atoms with Gasteiger partial charge in [-0.1, -0.05) is 19.1 Å². The molecule has 0 spiro atoms. The van der Waals surface area contributed by atoms with Crippen LogP contribution in [0.1, 0.15) is 18.9 Å². The third kappa shape index (κ3) is 5.24. The average molecular weight is 350 g/mol. The van der Waals surface area contributed by atoms with Gasteiger partial charge in [-0.3, -0.25) is 14.5 Å². The van der Waals surface area contributed by atoms with Gasteiger partial charge >= 0.3 is 0 Å². The lowest BCUT2D eigenvalue weighted by Gasteiger charge is -2.26. The van der Waals surface area contributed by atoms with E-state index in [-0.39, 0.29) is 17.9 Å². The first-order valence-electron chi connectivity index (χ1n) is 8.43. The van der Waals surface area contributed by atoms with Gasteiger partial charge in [0.1, 0.15) is 0 Å². The van der Waals surface area contributed by atoms with Gasteiger partial charge in [-0.25, -0.2) is 0 Å². The molecule has 0 aromatic heterocycles. The summed E-state index contributed by atoms with van der Waals surface area (Å²) in [5.74, 6) is 2.24. The number of amides is 2. The van der Waals surface area contributed by atoms with Gasteiger partial charge in [0.2, 0.25) is 11.8 Å². The Hall–Kier alpha value is -1.53. The van der Waals surface area contributed by atoms with Crippen molar-refractivity contribution in [3.05, 3.63) is 29.8 Å². The molecule has 1 aliphatic rings. The van der Waals surface area contributed by atoms with Gasteiger partial charge in [-0.15, -0.1) is 0 Å². The van der Waals surface area contributed by atoms with E-state index in [0.29, 0.717) is 6.42 Å². The molecule has 2 amide bonds. The highest BCUT2D eigenvalue weighted by Crippen LogP contribution is 2.14. The summed E-state index contributed by atoms with van der Waals surface area (Å²) in [5, 5.41) is 2.94. The number of carbonyl (C=O) groups excluding carboxylic acids is 2. The third-order valence-corrected chi connectivity index (χ3v) is 5.20. The molecule has 1 aromatic carbocycles. The van der Waals surface area contributed by atoms with Gasteiger partial charge in [0, 0.05) is 30.3 Å². The lowest BCUT2D eigenvalue weighted by atomic mass is 10.1. The lowest BCUT2D eigenvalue weighted by molar-refractivity contribution is -0.130. The van der Waals surface area contributed by atoms with Crippen LogP contribution in [0.3, 0.4) is 0 Å². The maximum Gasteiger partial charge on any atom is 0.241 e. The van der Waals surface area contributed by atoms with Crippen molar-refractivity contribution in [2.45, 2.75) is 25.8 Å². The van der Waals surface area contributed by atoms with Crippen molar-refractivity contribution in [3.8, 4) is 0 Å². The maximum atomic E-state index is 12.3. The number of carbonyl (C=O) groups is 2. The number of thioether (sulfide) groups is 1. The van der Waals surface area contributed by atoms with E-state index in [4.69, 9.17) is 0 Å². The summed E-state index contributed by atoms with van der Waals surface area (Å²) in [6.07, 6.45) is 1.19.